The third-order valence-electron chi connectivity index (χ3n) is 2.45. The molecule has 0 bridgehead atoms. The fourth-order valence-electron chi connectivity index (χ4n) is 1.44. The Bertz CT molecular complexity index is 190. The summed E-state index contributed by atoms with van der Waals surface area (Å²) in [4.78, 5) is 11.2. The Morgan fingerprint density at radius 3 is 2.93 bits per heavy atom. The van der Waals surface area contributed by atoms with Crippen molar-refractivity contribution in [2.75, 3.05) is 40.5 Å². The van der Waals surface area contributed by atoms with E-state index in [-0.39, 0.29) is 11.5 Å². The molecule has 1 saturated heterocycles. The first-order chi connectivity index (χ1) is 6.72. The number of hydrogen-bond acceptors (Lipinski definition) is 4. The first-order valence-corrected chi connectivity index (χ1v) is 4.77. The van der Waals surface area contributed by atoms with Gasteiger partial charge in [-0.25, -0.2) is 0 Å². The third kappa shape index (κ3) is 2.94. The maximum Gasteiger partial charge on any atom is 0.234 e. The Morgan fingerprint density at radius 2 is 2.43 bits per heavy atom. The van der Waals surface area contributed by atoms with Crippen LogP contribution in [0.5, 0.6) is 0 Å². The molecule has 0 saturated carbocycles. The van der Waals surface area contributed by atoms with Gasteiger partial charge in [-0.3, -0.25) is 4.79 Å². The normalized spacial score (nSPS) is 26.4. The quantitative estimate of drug-likeness (QED) is 0.608. The lowest BCUT2D eigenvalue weighted by Gasteiger charge is -2.25. The zero-order valence-electron chi connectivity index (χ0n) is 8.76. The number of carbonyl (C=O) groups is 1. The molecule has 1 unspecified atom stereocenters. The lowest BCUT2D eigenvalue weighted by molar-refractivity contribution is -0.121. The van der Waals surface area contributed by atoms with Crippen molar-refractivity contribution in [1.82, 2.24) is 10.6 Å². The molecule has 1 aliphatic heterocycles. The van der Waals surface area contributed by atoms with E-state index in [1.165, 1.54) is 0 Å². The molecule has 1 rings (SSSR count). The molecule has 5 heteroatoms. The first kappa shape index (κ1) is 11.4. The molecule has 0 aromatic rings. The standard InChI is InChI=1S/C9H18N2O3/c1-10-5-8(12)11-6-9(13-2)3-4-14-7-9/h10H,3-7H2,1-2H3,(H,11,12). The minimum absolute atomic E-state index is 0.0178. The van der Waals surface area contributed by atoms with Gasteiger partial charge in [-0.15, -0.1) is 0 Å². The van der Waals surface area contributed by atoms with Crippen molar-refractivity contribution in [3.63, 3.8) is 0 Å². The van der Waals surface area contributed by atoms with Crippen LogP contribution in [0.4, 0.5) is 0 Å². The number of likely N-dealkylation sites (N-methyl/N-ethyl adjacent to an activating group) is 1. The van der Waals surface area contributed by atoms with Crippen LogP contribution in [0.25, 0.3) is 0 Å². The van der Waals surface area contributed by atoms with Crippen molar-refractivity contribution in [2.24, 2.45) is 0 Å². The average Bonchev–Trinajstić information content (AvgIpc) is 2.65. The van der Waals surface area contributed by atoms with E-state index >= 15 is 0 Å². The molecule has 0 spiro atoms. The zero-order valence-corrected chi connectivity index (χ0v) is 8.76. The van der Waals surface area contributed by atoms with Gasteiger partial charge in [-0.1, -0.05) is 0 Å². The van der Waals surface area contributed by atoms with E-state index in [4.69, 9.17) is 9.47 Å². The molecule has 1 amide bonds. The van der Waals surface area contributed by atoms with E-state index in [9.17, 15) is 4.79 Å². The smallest absolute Gasteiger partial charge is 0.234 e. The molecule has 0 aromatic carbocycles. The van der Waals surface area contributed by atoms with E-state index < -0.39 is 0 Å². The molecule has 0 radical (unpaired) electrons. The summed E-state index contributed by atoms with van der Waals surface area (Å²) in [6, 6.07) is 0. The zero-order chi connectivity index (χ0) is 10.4. The summed E-state index contributed by atoms with van der Waals surface area (Å²) in [6.07, 6.45) is 0.837. The predicted octanol–water partition coefficient (Wildman–Crippen LogP) is -0.872. The van der Waals surface area contributed by atoms with Gasteiger partial charge in [-0.2, -0.15) is 0 Å². The summed E-state index contributed by atoms with van der Waals surface area (Å²) >= 11 is 0. The molecule has 14 heavy (non-hydrogen) atoms. The Morgan fingerprint density at radius 1 is 1.64 bits per heavy atom. The van der Waals surface area contributed by atoms with Crippen molar-refractivity contribution in [3.8, 4) is 0 Å². The lowest BCUT2D eigenvalue weighted by Crippen LogP contribution is -2.46. The average molecular weight is 202 g/mol. The van der Waals surface area contributed by atoms with Gasteiger partial charge >= 0.3 is 0 Å². The van der Waals surface area contributed by atoms with Gasteiger partial charge in [0.2, 0.25) is 5.91 Å². The van der Waals surface area contributed by atoms with Crippen LogP contribution in [0.15, 0.2) is 0 Å². The number of nitrogens with one attached hydrogen (secondary N) is 2. The van der Waals surface area contributed by atoms with Crippen LogP contribution in [0, 0.1) is 0 Å². The van der Waals surface area contributed by atoms with Crippen LogP contribution in [-0.2, 0) is 14.3 Å². The van der Waals surface area contributed by atoms with Crippen molar-refractivity contribution in [2.45, 2.75) is 12.0 Å². The SMILES string of the molecule is CNCC(=O)NCC1(OC)CCOC1. The molecule has 1 fully saturated rings. The fraction of sp³-hybridized carbons (Fsp3) is 0.889. The topological polar surface area (TPSA) is 59.6 Å². The maximum absolute atomic E-state index is 11.2. The second-order valence-corrected chi connectivity index (χ2v) is 3.50. The molecule has 1 heterocycles. The third-order valence-corrected chi connectivity index (χ3v) is 2.45. The van der Waals surface area contributed by atoms with E-state index in [0.717, 1.165) is 6.42 Å². The first-order valence-electron chi connectivity index (χ1n) is 4.77. The minimum atomic E-state index is -0.316. The van der Waals surface area contributed by atoms with Crippen molar-refractivity contribution < 1.29 is 14.3 Å². The van der Waals surface area contributed by atoms with E-state index in [1.54, 1.807) is 14.2 Å². The molecule has 1 atom stereocenters. The highest BCUT2D eigenvalue weighted by Crippen LogP contribution is 2.21. The Kier molecular flexibility index (Phi) is 4.31. The van der Waals surface area contributed by atoms with Crippen LogP contribution in [0.3, 0.4) is 0 Å². The van der Waals surface area contributed by atoms with Crippen LogP contribution in [0.1, 0.15) is 6.42 Å². The number of ether oxygens (including phenoxy) is 2. The van der Waals surface area contributed by atoms with E-state index in [0.29, 0.717) is 26.3 Å². The molecular weight excluding hydrogens is 184 g/mol. The Hall–Kier alpha value is -0.650. The molecule has 0 aromatic heterocycles. The van der Waals surface area contributed by atoms with E-state index in [2.05, 4.69) is 10.6 Å². The van der Waals surface area contributed by atoms with E-state index in [1.807, 2.05) is 0 Å². The second-order valence-electron chi connectivity index (χ2n) is 3.50. The maximum atomic E-state index is 11.2. The summed E-state index contributed by atoms with van der Waals surface area (Å²) in [7, 11) is 3.39. The second kappa shape index (κ2) is 5.29. The molecule has 0 aliphatic carbocycles. The highest BCUT2D eigenvalue weighted by molar-refractivity contribution is 5.78. The van der Waals surface area contributed by atoms with Crippen molar-refractivity contribution >= 4 is 5.91 Å². The number of carbonyl (C=O) groups excluding carboxylic acids is 1. The number of methoxy groups -OCH3 is 1. The molecule has 1 aliphatic rings. The van der Waals surface area contributed by atoms with Crippen LogP contribution in [-0.4, -0.2) is 52.0 Å². The van der Waals surface area contributed by atoms with Crippen molar-refractivity contribution in [3.05, 3.63) is 0 Å². The van der Waals surface area contributed by atoms with Crippen LogP contribution >= 0.6 is 0 Å². The molecule has 82 valence electrons. The minimum Gasteiger partial charge on any atom is -0.378 e. The van der Waals surface area contributed by atoms with Gasteiger partial charge in [-0.05, 0) is 7.05 Å². The highest BCUT2D eigenvalue weighted by atomic mass is 16.5. The predicted molar refractivity (Wildman–Crippen MR) is 52.1 cm³/mol. The molecule has 2 N–H and O–H groups in total. The number of hydrogen-bond donors (Lipinski definition) is 2. The van der Waals surface area contributed by atoms with Crippen molar-refractivity contribution in [1.29, 1.82) is 0 Å². The monoisotopic (exact) mass is 202 g/mol. The summed E-state index contributed by atoms with van der Waals surface area (Å²) in [5.74, 6) is -0.0178. The lowest BCUT2D eigenvalue weighted by atomic mass is 10.0. The molecule has 5 nitrogen and oxygen atoms in total. The summed E-state index contributed by atoms with van der Waals surface area (Å²) in [5.41, 5.74) is -0.316. The van der Waals surface area contributed by atoms with Gasteiger partial charge in [0.1, 0.15) is 5.60 Å². The summed E-state index contributed by atoms with van der Waals surface area (Å²) < 4.78 is 10.6. The largest absolute Gasteiger partial charge is 0.378 e. The van der Waals surface area contributed by atoms with Gasteiger partial charge in [0.15, 0.2) is 0 Å². The van der Waals surface area contributed by atoms with Crippen LogP contribution in [0.2, 0.25) is 0 Å². The Labute approximate surface area is 84.1 Å². The summed E-state index contributed by atoms with van der Waals surface area (Å²) in [6.45, 7) is 2.11. The van der Waals surface area contributed by atoms with Gasteiger partial charge in [0.25, 0.3) is 0 Å². The van der Waals surface area contributed by atoms with Gasteiger partial charge in [0, 0.05) is 26.7 Å². The summed E-state index contributed by atoms with van der Waals surface area (Å²) in [5, 5.41) is 5.60. The van der Waals surface area contributed by atoms with Crippen LogP contribution < -0.4 is 10.6 Å². The van der Waals surface area contributed by atoms with Gasteiger partial charge < -0.3 is 20.1 Å². The number of rotatable bonds is 5. The highest BCUT2D eigenvalue weighted by Gasteiger charge is 2.35. The fourth-order valence-corrected chi connectivity index (χ4v) is 1.44. The molecular formula is C9H18N2O3. The number of amides is 1. The van der Waals surface area contributed by atoms with Gasteiger partial charge in [0.05, 0.1) is 13.2 Å². The Balaban J connectivity index is 2.30.